The van der Waals surface area contributed by atoms with Gasteiger partial charge in [-0.2, -0.15) is 0 Å². The molecule has 0 amide bonds. The van der Waals surface area contributed by atoms with Crippen LogP contribution in [0.15, 0.2) is 0 Å². The molecule has 0 atom stereocenters. The second kappa shape index (κ2) is 10.3. The molecule has 0 saturated carbocycles. The summed E-state index contributed by atoms with van der Waals surface area (Å²) in [5.41, 5.74) is 0. The van der Waals surface area contributed by atoms with Crippen LogP contribution in [0.3, 0.4) is 0 Å². The first-order chi connectivity index (χ1) is 12.0. The van der Waals surface area contributed by atoms with Gasteiger partial charge in [-0.05, 0) is 0 Å². The third-order valence-corrected chi connectivity index (χ3v) is 26.5. The Hall–Kier alpha value is 0.442. The van der Waals surface area contributed by atoms with Crippen molar-refractivity contribution < 1.29 is 0 Å². The van der Waals surface area contributed by atoms with E-state index >= 15 is 0 Å². The number of nitrogens with zero attached hydrogens (tertiary/aromatic N) is 1. The van der Waals surface area contributed by atoms with Gasteiger partial charge in [0.25, 0.3) is 0 Å². The number of hydrogen-bond acceptors (Lipinski definition) is 1. The summed E-state index contributed by atoms with van der Waals surface area (Å²) < 4.78 is 6.58. The molecule has 2 nitrogen and oxygen atoms in total. The normalized spacial score (nSPS) is 13.4. The van der Waals surface area contributed by atoms with E-state index in [2.05, 4.69) is 65.2 Å². The number of hydrogen-bond donors (Lipinski definition) is 1. The second-order valence-electron chi connectivity index (χ2n) is 10.4. The zero-order chi connectivity index (χ0) is 20.0. The third kappa shape index (κ3) is 6.23. The molecule has 26 heavy (non-hydrogen) atoms. The topological polar surface area (TPSA) is 28.7 Å². The Morgan fingerprint density at radius 3 is 1.46 bits per heavy atom. The molecule has 1 aromatic rings. The molecule has 0 aliphatic heterocycles. The summed E-state index contributed by atoms with van der Waals surface area (Å²) in [5, 5.41) is 11.9. The van der Waals surface area contributed by atoms with E-state index < -0.39 is 34.5 Å². The number of rotatable bonds is 12. The fourth-order valence-electron chi connectivity index (χ4n) is 4.24. The molecule has 0 aliphatic rings. The fraction of sp³-hybridized carbons (Fsp3) is 0.857. The van der Waals surface area contributed by atoms with Crippen molar-refractivity contribution in [2.75, 3.05) is 0 Å². The number of H-pyrrole nitrogens is 1. The second-order valence-corrected chi connectivity index (χ2v) is 33.4. The van der Waals surface area contributed by atoms with Gasteiger partial charge in [-0.3, -0.25) is 0 Å². The fourth-order valence-corrected chi connectivity index (χ4v) is 33.2. The predicted octanol–water partition coefficient (Wildman–Crippen LogP) is 5.56. The van der Waals surface area contributed by atoms with Crippen molar-refractivity contribution in [2.45, 2.75) is 112 Å². The van der Waals surface area contributed by atoms with Crippen LogP contribution < -0.4 is 14.2 Å². The summed E-state index contributed by atoms with van der Waals surface area (Å²) in [6, 6.07) is 0. The Kier molecular flexibility index (Phi) is 9.68. The van der Waals surface area contributed by atoms with Crippen molar-refractivity contribution >= 4 is 48.7 Å². The molecule has 5 heteroatoms. The van der Waals surface area contributed by atoms with E-state index in [9.17, 15) is 0 Å². The Morgan fingerprint density at radius 1 is 0.731 bits per heavy atom. The monoisotopic (exact) mass is 502 g/mol. The van der Waals surface area contributed by atoms with Gasteiger partial charge >= 0.3 is 171 Å². The zero-order valence-corrected chi connectivity index (χ0v) is 24.2. The van der Waals surface area contributed by atoms with Gasteiger partial charge in [0.15, 0.2) is 0 Å². The van der Waals surface area contributed by atoms with Crippen molar-refractivity contribution in [1.82, 2.24) is 10.2 Å². The molecule has 0 spiro atoms. The molecular formula is C21H46N2Si2Sn. The Balaban J connectivity index is 3.66. The molecule has 0 unspecified atom stereocenters. The van der Waals surface area contributed by atoms with Crippen LogP contribution >= 0.6 is 0 Å². The number of nitrogens with one attached hydrogen (secondary N) is 1. The van der Waals surface area contributed by atoms with Crippen molar-refractivity contribution in [2.24, 2.45) is 0 Å². The Labute approximate surface area is 170 Å². The van der Waals surface area contributed by atoms with Crippen LogP contribution in [0.2, 0.25) is 52.6 Å². The Morgan fingerprint density at radius 2 is 1.15 bits per heavy atom. The van der Waals surface area contributed by atoms with Gasteiger partial charge in [-0.1, -0.05) is 0 Å². The van der Waals surface area contributed by atoms with Gasteiger partial charge in [0.1, 0.15) is 0 Å². The third-order valence-electron chi connectivity index (χ3n) is 5.78. The Bertz CT molecular complexity index is 488. The van der Waals surface area contributed by atoms with Crippen molar-refractivity contribution in [3.05, 3.63) is 0 Å². The minimum atomic E-state index is -2.47. The minimum absolute atomic E-state index is 1.35. The van der Waals surface area contributed by atoms with Gasteiger partial charge in [-0.25, -0.2) is 0 Å². The molecule has 0 aromatic carbocycles. The SMILES string of the molecule is CCC[CH2][Sn]([CH2]CCC)([CH2]CCC)[c]1c([Si](C)(C)C)n[nH]c1[Si](C)(C)C. The first kappa shape index (κ1) is 24.5. The first-order valence-corrected chi connectivity index (χ1v) is 25.6. The molecule has 0 saturated heterocycles. The van der Waals surface area contributed by atoms with E-state index in [0.717, 1.165) is 0 Å². The van der Waals surface area contributed by atoms with Crippen LogP contribution in [0.1, 0.15) is 59.3 Å². The van der Waals surface area contributed by atoms with Crippen LogP contribution in [-0.4, -0.2) is 44.7 Å². The molecule has 0 radical (unpaired) electrons. The van der Waals surface area contributed by atoms with E-state index in [1.165, 1.54) is 38.5 Å². The van der Waals surface area contributed by atoms with Gasteiger partial charge in [0.2, 0.25) is 0 Å². The number of aromatic amines is 1. The molecule has 0 fully saturated rings. The predicted molar refractivity (Wildman–Crippen MR) is 129 cm³/mol. The van der Waals surface area contributed by atoms with E-state index in [4.69, 9.17) is 5.10 Å². The standard InChI is InChI=1S/C9H19N2Si2.3C4H9.Sn/c1-12(2,3)8-7-9(11-10-8)13(4,5)6;3*1-3-4-2;/h1-6H3,(H,10,11);3*1,3-4H2,2H3;. The molecule has 1 N–H and O–H groups in total. The van der Waals surface area contributed by atoms with E-state index in [-0.39, 0.29) is 0 Å². The van der Waals surface area contributed by atoms with Gasteiger partial charge < -0.3 is 0 Å². The molecule has 0 bridgehead atoms. The van der Waals surface area contributed by atoms with Gasteiger partial charge in [0, 0.05) is 0 Å². The molecule has 0 aliphatic carbocycles. The zero-order valence-electron chi connectivity index (χ0n) is 19.3. The molecule has 1 heterocycles. The van der Waals surface area contributed by atoms with Crippen LogP contribution in [0.5, 0.6) is 0 Å². The molecule has 1 rings (SSSR count). The summed E-state index contributed by atoms with van der Waals surface area (Å²) in [5.74, 6) is 0. The van der Waals surface area contributed by atoms with Crippen molar-refractivity contribution in [1.29, 1.82) is 0 Å². The summed E-state index contributed by atoms with van der Waals surface area (Å²) >= 11 is -2.47. The van der Waals surface area contributed by atoms with Crippen LogP contribution in [0.25, 0.3) is 0 Å². The van der Waals surface area contributed by atoms with E-state index in [1.54, 1.807) is 23.9 Å². The van der Waals surface area contributed by atoms with E-state index in [0.29, 0.717) is 0 Å². The van der Waals surface area contributed by atoms with Gasteiger partial charge in [-0.15, -0.1) is 0 Å². The maximum absolute atomic E-state index is 5.07. The van der Waals surface area contributed by atoms with Crippen molar-refractivity contribution in [3.63, 3.8) is 0 Å². The van der Waals surface area contributed by atoms with Crippen LogP contribution in [0.4, 0.5) is 0 Å². The summed E-state index contributed by atoms with van der Waals surface area (Å²) in [6.45, 7) is 22.2. The summed E-state index contributed by atoms with van der Waals surface area (Å²) in [4.78, 5) is 0. The average Bonchev–Trinajstić information content (AvgIpc) is 3.01. The van der Waals surface area contributed by atoms with E-state index in [1.807, 2.05) is 3.58 Å². The maximum atomic E-state index is 5.07. The quantitative estimate of drug-likeness (QED) is 0.374. The van der Waals surface area contributed by atoms with Crippen molar-refractivity contribution in [3.8, 4) is 0 Å². The first-order valence-electron chi connectivity index (χ1n) is 11.1. The molecule has 152 valence electrons. The molecular weight excluding hydrogens is 455 g/mol. The summed E-state index contributed by atoms with van der Waals surface area (Å²) in [6.07, 6.45) is 8.35. The van der Waals surface area contributed by atoms with Crippen LogP contribution in [0, 0.1) is 0 Å². The molecule has 1 aromatic heterocycles. The average molecular weight is 501 g/mol. The summed E-state index contributed by atoms with van der Waals surface area (Å²) in [7, 11) is -2.84. The van der Waals surface area contributed by atoms with Crippen LogP contribution in [-0.2, 0) is 0 Å². The number of aromatic nitrogens is 2. The van der Waals surface area contributed by atoms with Gasteiger partial charge in [0.05, 0.1) is 0 Å². The number of unbranched alkanes of at least 4 members (excludes halogenated alkanes) is 3.